The molecule has 1 amide bonds. The Morgan fingerprint density at radius 2 is 2.09 bits per heavy atom. The van der Waals surface area contributed by atoms with Crippen molar-refractivity contribution in [1.29, 1.82) is 0 Å². The molecular formula is C25H32N4O3. The quantitative estimate of drug-likeness (QED) is 0.522. The van der Waals surface area contributed by atoms with Crippen molar-refractivity contribution in [3.8, 4) is 11.5 Å². The first-order chi connectivity index (χ1) is 15.5. The minimum absolute atomic E-state index is 0.0760. The van der Waals surface area contributed by atoms with E-state index in [-0.39, 0.29) is 18.1 Å². The van der Waals surface area contributed by atoms with Crippen molar-refractivity contribution in [1.82, 2.24) is 14.5 Å². The van der Waals surface area contributed by atoms with Crippen LogP contribution in [-0.2, 0) is 9.53 Å². The normalized spacial score (nSPS) is 16.9. The molecule has 2 heterocycles. The van der Waals surface area contributed by atoms with Gasteiger partial charge in [0, 0.05) is 38.7 Å². The highest BCUT2D eigenvalue weighted by molar-refractivity contribution is 5.80. The Hall–Kier alpha value is -3.06. The molecule has 4 rings (SSSR count). The fourth-order valence-electron chi connectivity index (χ4n) is 4.36. The van der Waals surface area contributed by atoms with Gasteiger partial charge < -0.3 is 24.7 Å². The molecule has 2 aromatic carbocycles. The van der Waals surface area contributed by atoms with Gasteiger partial charge in [-0.15, -0.1) is 0 Å². The van der Waals surface area contributed by atoms with E-state index in [4.69, 9.17) is 15.2 Å². The smallest absolute Gasteiger partial charge is 0.222 e. The average molecular weight is 437 g/mol. The van der Waals surface area contributed by atoms with Gasteiger partial charge in [-0.1, -0.05) is 25.1 Å². The van der Waals surface area contributed by atoms with Crippen LogP contribution in [0.4, 0.5) is 5.95 Å². The van der Waals surface area contributed by atoms with E-state index in [0.717, 1.165) is 48.4 Å². The SMILES string of the molecule is CCC(CCC(=O)N(C)CC1CCCO1)n1c(N)nc2ccc(Oc3ccccc3)cc21. The fraction of sp³-hybridized carbons (Fsp3) is 0.440. The molecule has 2 N–H and O–H groups in total. The van der Waals surface area contributed by atoms with Crippen LogP contribution in [-0.4, -0.2) is 46.7 Å². The van der Waals surface area contributed by atoms with Crippen LogP contribution in [0.5, 0.6) is 11.5 Å². The summed E-state index contributed by atoms with van der Waals surface area (Å²) in [6.45, 7) is 3.57. The van der Waals surface area contributed by atoms with Gasteiger partial charge in [0.1, 0.15) is 11.5 Å². The number of likely N-dealkylation sites (N-methyl/N-ethyl adjacent to an activating group) is 1. The zero-order valence-corrected chi connectivity index (χ0v) is 18.9. The maximum absolute atomic E-state index is 12.7. The van der Waals surface area contributed by atoms with Crippen LogP contribution in [0.15, 0.2) is 48.5 Å². The van der Waals surface area contributed by atoms with Crippen LogP contribution < -0.4 is 10.5 Å². The number of nitrogen functional groups attached to an aromatic ring is 1. The molecule has 2 atom stereocenters. The second kappa shape index (κ2) is 10.0. The van der Waals surface area contributed by atoms with Crippen molar-refractivity contribution in [2.24, 2.45) is 0 Å². The van der Waals surface area contributed by atoms with Crippen molar-refractivity contribution in [2.75, 3.05) is 25.9 Å². The zero-order chi connectivity index (χ0) is 22.5. The predicted octanol–water partition coefficient (Wildman–Crippen LogP) is 4.78. The minimum atomic E-state index is 0.0760. The Morgan fingerprint density at radius 3 is 2.81 bits per heavy atom. The van der Waals surface area contributed by atoms with E-state index >= 15 is 0 Å². The minimum Gasteiger partial charge on any atom is -0.457 e. The van der Waals surface area contributed by atoms with E-state index in [0.29, 0.717) is 25.3 Å². The van der Waals surface area contributed by atoms with Crippen molar-refractivity contribution in [2.45, 2.75) is 51.2 Å². The molecule has 0 spiro atoms. The van der Waals surface area contributed by atoms with Gasteiger partial charge in [-0.25, -0.2) is 4.98 Å². The molecule has 3 aromatic rings. The number of nitrogens with two attached hydrogens (primary N) is 1. The molecule has 7 nitrogen and oxygen atoms in total. The molecule has 0 saturated carbocycles. The van der Waals surface area contributed by atoms with Gasteiger partial charge >= 0.3 is 0 Å². The summed E-state index contributed by atoms with van der Waals surface area (Å²) < 4.78 is 13.7. The third-order valence-corrected chi connectivity index (χ3v) is 6.12. The summed E-state index contributed by atoms with van der Waals surface area (Å²) in [6, 6.07) is 15.5. The molecule has 7 heteroatoms. The number of para-hydroxylation sites is 1. The molecule has 0 aliphatic carbocycles. The van der Waals surface area contributed by atoms with Gasteiger partial charge in [0.25, 0.3) is 0 Å². The number of hydrogen-bond acceptors (Lipinski definition) is 5. The highest BCUT2D eigenvalue weighted by Crippen LogP contribution is 2.32. The lowest BCUT2D eigenvalue weighted by molar-refractivity contribution is -0.131. The topological polar surface area (TPSA) is 82.6 Å². The second-order valence-corrected chi connectivity index (χ2v) is 8.42. The Bertz CT molecular complexity index is 1040. The van der Waals surface area contributed by atoms with Crippen molar-refractivity contribution in [3.05, 3.63) is 48.5 Å². The lowest BCUT2D eigenvalue weighted by Gasteiger charge is -2.23. The van der Waals surface area contributed by atoms with E-state index in [1.807, 2.05) is 60.1 Å². The molecule has 1 aliphatic rings. The maximum Gasteiger partial charge on any atom is 0.222 e. The zero-order valence-electron chi connectivity index (χ0n) is 18.9. The summed E-state index contributed by atoms with van der Waals surface area (Å²) in [5, 5.41) is 0. The number of fused-ring (bicyclic) bond motifs is 1. The number of hydrogen-bond donors (Lipinski definition) is 1. The summed E-state index contributed by atoms with van der Waals surface area (Å²) >= 11 is 0. The standard InChI is InChI=1S/C25H32N4O3/c1-3-18(11-14-24(30)28(2)17-21-10-7-15-31-21)29-23-16-20(12-13-22(23)27-25(29)26)32-19-8-5-4-6-9-19/h4-6,8-9,12-13,16,18,21H,3,7,10-11,14-15,17H2,1-2H3,(H2,26,27). The first kappa shape index (κ1) is 22.1. The number of benzene rings is 2. The van der Waals surface area contributed by atoms with E-state index in [2.05, 4.69) is 11.9 Å². The Balaban J connectivity index is 1.47. The fourth-order valence-corrected chi connectivity index (χ4v) is 4.36. The molecule has 1 saturated heterocycles. The van der Waals surface area contributed by atoms with Crippen molar-refractivity contribution < 1.29 is 14.3 Å². The third kappa shape index (κ3) is 5.05. The maximum atomic E-state index is 12.7. The van der Waals surface area contributed by atoms with Gasteiger partial charge in [0.05, 0.1) is 17.1 Å². The first-order valence-electron chi connectivity index (χ1n) is 11.4. The second-order valence-electron chi connectivity index (χ2n) is 8.42. The van der Waals surface area contributed by atoms with Gasteiger partial charge in [-0.2, -0.15) is 0 Å². The number of nitrogens with zero attached hydrogens (tertiary/aromatic N) is 3. The number of imidazole rings is 1. The Morgan fingerprint density at radius 1 is 1.28 bits per heavy atom. The van der Waals surface area contributed by atoms with E-state index in [1.165, 1.54) is 0 Å². The summed E-state index contributed by atoms with van der Waals surface area (Å²) in [5.74, 6) is 2.10. The molecule has 1 aromatic heterocycles. The van der Waals surface area contributed by atoms with Crippen molar-refractivity contribution >= 4 is 22.9 Å². The summed E-state index contributed by atoms with van der Waals surface area (Å²) in [5.41, 5.74) is 8.05. The molecule has 0 bridgehead atoms. The molecule has 0 radical (unpaired) electrons. The van der Waals surface area contributed by atoms with Crippen molar-refractivity contribution in [3.63, 3.8) is 0 Å². The van der Waals surface area contributed by atoms with Crippen LogP contribution in [0, 0.1) is 0 Å². The van der Waals surface area contributed by atoms with Crippen LogP contribution >= 0.6 is 0 Å². The predicted molar refractivity (Wildman–Crippen MR) is 126 cm³/mol. The van der Waals surface area contributed by atoms with Gasteiger partial charge in [0.15, 0.2) is 0 Å². The average Bonchev–Trinajstić information content (AvgIpc) is 3.42. The van der Waals surface area contributed by atoms with E-state index in [1.54, 1.807) is 4.90 Å². The van der Waals surface area contributed by atoms with E-state index in [9.17, 15) is 4.79 Å². The third-order valence-electron chi connectivity index (χ3n) is 6.12. The Kier molecular flexibility index (Phi) is 6.95. The number of rotatable bonds is 9. The van der Waals surface area contributed by atoms with Crippen LogP contribution in [0.2, 0.25) is 0 Å². The number of carbonyl (C=O) groups excluding carboxylic acids is 1. The highest BCUT2D eigenvalue weighted by Gasteiger charge is 2.22. The van der Waals surface area contributed by atoms with Gasteiger partial charge in [-0.3, -0.25) is 4.79 Å². The lowest BCUT2D eigenvalue weighted by Crippen LogP contribution is -2.34. The first-order valence-corrected chi connectivity index (χ1v) is 11.4. The van der Waals surface area contributed by atoms with Crippen LogP contribution in [0.1, 0.15) is 45.1 Å². The molecule has 2 unspecified atom stereocenters. The molecule has 1 fully saturated rings. The molecule has 170 valence electrons. The van der Waals surface area contributed by atoms with E-state index < -0.39 is 0 Å². The summed E-state index contributed by atoms with van der Waals surface area (Å²) in [6.07, 6.45) is 4.28. The monoisotopic (exact) mass is 436 g/mol. The number of anilines is 1. The summed E-state index contributed by atoms with van der Waals surface area (Å²) in [7, 11) is 1.86. The van der Waals surface area contributed by atoms with Gasteiger partial charge in [0.2, 0.25) is 11.9 Å². The highest BCUT2D eigenvalue weighted by atomic mass is 16.5. The molecule has 32 heavy (non-hydrogen) atoms. The largest absolute Gasteiger partial charge is 0.457 e. The molecular weight excluding hydrogens is 404 g/mol. The Labute approximate surface area is 189 Å². The number of carbonyl (C=O) groups is 1. The van der Waals surface area contributed by atoms with Crippen LogP contribution in [0.25, 0.3) is 11.0 Å². The lowest BCUT2D eigenvalue weighted by atomic mass is 10.1. The summed E-state index contributed by atoms with van der Waals surface area (Å²) in [4.78, 5) is 19.1. The van der Waals surface area contributed by atoms with Gasteiger partial charge in [-0.05, 0) is 49.9 Å². The van der Waals surface area contributed by atoms with Crippen LogP contribution in [0.3, 0.4) is 0 Å². The number of amides is 1. The number of ether oxygens (including phenoxy) is 2. The number of aromatic nitrogens is 2. The molecule has 1 aliphatic heterocycles.